The van der Waals surface area contributed by atoms with Crippen molar-refractivity contribution in [3.05, 3.63) is 0 Å². The molecule has 2 unspecified atom stereocenters. The van der Waals surface area contributed by atoms with Gasteiger partial charge in [0.1, 0.15) is 5.60 Å². The zero-order chi connectivity index (χ0) is 13.9. The Hall–Kier alpha value is -1.24. The van der Waals surface area contributed by atoms with Gasteiger partial charge in [0.2, 0.25) is 0 Å². The molecule has 0 aliphatic rings. The molecule has 0 spiro atoms. The number of carbonyl (C=O) groups is 1. The molecule has 0 aromatic rings. The Labute approximate surface area is 104 Å². The van der Waals surface area contributed by atoms with Crippen molar-refractivity contribution in [2.75, 3.05) is 0 Å². The summed E-state index contributed by atoms with van der Waals surface area (Å²) in [5.41, 5.74) is -0.714. The molecule has 0 radical (unpaired) electrons. The van der Waals surface area contributed by atoms with Crippen molar-refractivity contribution in [1.82, 2.24) is 5.32 Å². The van der Waals surface area contributed by atoms with E-state index in [2.05, 4.69) is 11.4 Å². The molecule has 0 rings (SSSR count). The topological polar surface area (TPSA) is 62.1 Å². The van der Waals surface area contributed by atoms with Crippen LogP contribution in [-0.4, -0.2) is 17.7 Å². The number of ether oxygens (including phenoxy) is 1. The number of nitrogens with zero attached hydrogens (tertiary/aromatic N) is 1. The average Bonchev–Trinajstić information content (AvgIpc) is 2.08. The normalized spacial score (nSPS) is 15.6. The molecule has 0 saturated carbocycles. The molecule has 98 valence electrons. The monoisotopic (exact) mass is 240 g/mol. The Morgan fingerprint density at radius 1 is 1.24 bits per heavy atom. The second-order valence-electron chi connectivity index (χ2n) is 6.41. The predicted molar refractivity (Wildman–Crippen MR) is 67.4 cm³/mol. The van der Waals surface area contributed by atoms with E-state index in [4.69, 9.17) is 10.00 Å². The molecule has 1 amide bonds. The van der Waals surface area contributed by atoms with E-state index in [1.165, 1.54) is 0 Å². The summed E-state index contributed by atoms with van der Waals surface area (Å²) in [7, 11) is 0. The first-order valence-corrected chi connectivity index (χ1v) is 5.86. The number of rotatable bonds is 2. The molecule has 1 N–H and O–H groups in total. The first-order valence-electron chi connectivity index (χ1n) is 5.86. The smallest absolute Gasteiger partial charge is 0.407 e. The Kier molecular flexibility index (Phi) is 5.00. The number of hydrogen-bond acceptors (Lipinski definition) is 3. The summed E-state index contributed by atoms with van der Waals surface area (Å²) in [4.78, 5) is 11.7. The molecule has 0 saturated heterocycles. The average molecular weight is 240 g/mol. The molecule has 0 aromatic heterocycles. The van der Waals surface area contributed by atoms with Crippen molar-refractivity contribution < 1.29 is 9.53 Å². The van der Waals surface area contributed by atoms with E-state index >= 15 is 0 Å². The molecular formula is C13H24N2O2. The number of nitrogens with one attached hydrogen (secondary N) is 1. The fourth-order valence-corrected chi connectivity index (χ4v) is 1.60. The maximum absolute atomic E-state index is 11.7. The SMILES string of the molecule is CC(C#N)C(NC(=O)OC(C)(C)C)C(C)(C)C. The number of amides is 1. The van der Waals surface area contributed by atoms with Crippen LogP contribution >= 0.6 is 0 Å². The molecule has 4 heteroatoms. The molecule has 2 atom stereocenters. The van der Waals surface area contributed by atoms with Gasteiger partial charge in [-0.2, -0.15) is 5.26 Å². The Bertz CT molecular complexity index is 305. The predicted octanol–water partition coefficient (Wildman–Crippen LogP) is 3.09. The van der Waals surface area contributed by atoms with Crippen molar-refractivity contribution in [2.24, 2.45) is 11.3 Å². The fraction of sp³-hybridized carbons (Fsp3) is 0.846. The zero-order valence-electron chi connectivity index (χ0n) is 11.9. The minimum Gasteiger partial charge on any atom is -0.444 e. The highest BCUT2D eigenvalue weighted by Crippen LogP contribution is 2.25. The highest BCUT2D eigenvalue weighted by atomic mass is 16.6. The molecule has 0 aliphatic carbocycles. The lowest BCUT2D eigenvalue weighted by atomic mass is 9.80. The number of alkyl carbamates (subject to hydrolysis) is 1. The molecule has 0 aliphatic heterocycles. The standard InChI is InChI=1S/C13H24N2O2/c1-9(8-14)10(12(2,3)4)15-11(16)17-13(5,6)7/h9-10H,1-7H3,(H,15,16). The van der Waals surface area contributed by atoms with E-state index in [9.17, 15) is 4.79 Å². The summed E-state index contributed by atoms with van der Waals surface area (Å²) in [6, 6.07) is 1.94. The van der Waals surface area contributed by atoms with Gasteiger partial charge >= 0.3 is 6.09 Å². The van der Waals surface area contributed by atoms with E-state index in [0.29, 0.717) is 0 Å². The minimum atomic E-state index is -0.525. The summed E-state index contributed by atoms with van der Waals surface area (Å²) in [6.45, 7) is 13.2. The maximum Gasteiger partial charge on any atom is 0.407 e. The lowest BCUT2D eigenvalue weighted by Crippen LogP contribution is -2.49. The molecule has 0 heterocycles. The molecule has 0 fully saturated rings. The van der Waals surface area contributed by atoms with Crippen molar-refractivity contribution in [2.45, 2.75) is 60.1 Å². The van der Waals surface area contributed by atoms with Crippen LogP contribution in [0.15, 0.2) is 0 Å². The van der Waals surface area contributed by atoms with Gasteiger partial charge in [-0.05, 0) is 33.1 Å². The molecule has 17 heavy (non-hydrogen) atoms. The first-order chi connectivity index (χ1) is 7.47. The van der Waals surface area contributed by atoms with Crippen LogP contribution in [0.25, 0.3) is 0 Å². The fourth-order valence-electron chi connectivity index (χ4n) is 1.60. The summed E-state index contributed by atoms with van der Waals surface area (Å²) >= 11 is 0. The molecule has 4 nitrogen and oxygen atoms in total. The van der Waals surface area contributed by atoms with Crippen molar-refractivity contribution in [3.63, 3.8) is 0 Å². The van der Waals surface area contributed by atoms with Gasteiger partial charge < -0.3 is 10.1 Å². The molecule has 0 aromatic carbocycles. The van der Waals surface area contributed by atoms with Crippen molar-refractivity contribution in [1.29, 1.82) is 5.26 Å². The highest BCUT2D eigenvalue weighted by molar-refractivity contribution is 5.68. The third-order valence-electron chi connectivity index (χ3n) is 2.31. The van der Waals surface area contributed by atoms with Crippen LogP contribution in [0.2, 0.25) is 0 Å². The Balaban J connectivity index is 4.69. The van der Waals surface area contributed by atoms with Crippen LogP contribution in [0.3, 0.4) is 0 Å². The van der Waals surface area contributed by atoms with E-state index in [-0.39, 0.29) is 17.4 Å². The van der Waals surface area contributed by atoms with Gasteiger partial charge in [-0.3, -0.25) is 0 Å². The lowest BCUT2D eigenvalue weighted by molar-refractivity contribution is 0.0445. The summed E-state index contributed by atoms with van der Waals surface area (Å²) in [5, 5.41) is 11.8. The third kappa shape index (κ3) is 6.15. The maximum atomic E-state index is 11.7. The second kappa shape index (κ2) is 5.39. The van der Waals surface area contributed by atoms with Gasteiger partial charge in [0.05, 0.1) is 18.0 Å². The lowest BCUT2D eigenvalue weighted by Gasteiger charge is -2.33. The van der Waals surface area contributed by atoms with Crippen LogP contribution in [0.5, 0.6) is 0 Å². The van der Waals surface area contributed by atoms with Gasteiger partial charge in [0.15, 0.2) is 0 Å². The number of nitriles is 1. The van der Waals surface area contributed by atoms with Crippen molar-refractivity contribution >= 4 is 6.09 Å². The minimum absolute atomic E-state index is 0.188. The van der Waals surface area contributed by atoms with E-state index in [1.54, 1.807) is 6.92 Å². The van der Waals surface area contributed by atoms with Crippen LogP contribution < -0.4 is 5.32 Å². The van der Waals surface area contributed by atoms with Crippen LogP contribution in [-0.2, 0) is 4.74 Å². The second-order valence-corrected chi connectivity index (χ2v) is 6.41. The zero-order valence-corrected chi connectivity index (χ0v) is 11.9. The quantitative estimate of drug-likeness (QED) is 0.806. The van der Waals surface area contributed by atoms with Crippen LogP contribution in [0, 0.1) is 22.7 Å². The largest absolute Gasteiger partial charge is 0.444 e. The summed E-state index contributed by atoms with van der Waals surface area (Å²) in [5.74, 6) is -0.262. The van der Waals surface area contributed by atoms with Crippen molar-refractivity contribution in [3.8, 4) is 6.07 Å². The Morgan fingerprint density at radius 2 is 1.71 bits per heavy atom. The number of carbonyl (C=O) groups excluding carboxylic acids is 1. The van der Waals surface area contributed by atoms with Crippen LogP contribution in [0.4, 0.5) is 4.79 Å². The highest BCUT2D eigenvalue weighted by Gasteiger charge is 2.32. The van der Waals surface area contributed by atoms with Gasteiger partial charge in [-0.25, -0.2) is 4.79 Å². The van der Waals surface area contributed by atoms with E-state index in [1.807, 2.05) is 41.5 Å². The van der Waals surface area contributed by atoms with E-state index < -0.39 is 11.7 Å². The Morgan fingerprint density at radius 3 is 2.00 bits per heavy atom. The van der Waals surface area contributed by atoms with Gasteiger partial charge in [0.25, 0.3) is 0 Å². The van der Waals surface area contributed by atoms with Gasteiger partial charge in [-0.1, -0.05) is 20.8 Å². The van der Waals surface area contributed by atoms with Crippen LogP contribution in [0.1, 0.15) is 48.5 Å². The van der Waals surface area contributed by atoms with Gasteiger partial charge in [0, 0.05) is 0 Å². The first kappa shape index (κ1) is 15.8. The third-order valence-corrected chi connectivity index (χ3v) is 2.31. The number of hydrogen-bond donors (Lipinski definition) is 1. The molecule has 0 bridgehead atoms. The molecular weight excluding hydrogens is 216 g/mol. The summed E-state index contributed by atoms with van der Waals surface area (Å²) < 4.78 is 5.20. The van der Waals surface area contributed by atoms with Gasteiger partial charge in [-0.15, -0.1) is 0 Å². The summed E-state index contributed by atoms with van der Waals surface area (Å²) in [6.07, 6.45) is -0.473. The van der Waals surface area contributed by atoms with E-state index in [0.717, 1.165) is 0 Å².